The second-order valence-electron chi connectivity index (χ2n) is 3.84. The van der Waals surface area contributed by atoms with E-state index < -0.39 is 11.7 Å². The Morgan fingerprint density at radius 3 is 2.50 bits per heavy atom. The van der Waals surface area contributed by atoms with Crippen molar-refractivity contribution in [2.24, 2.45) is 5.73 Å². The molecule has 0 amide bonds. The Bertz CT molecular complexity index is 178. The second-order valence-corrected chi connectivity index (χ2v) is 3.84. The van der Waals surface area contributed by atoms with Crippen molar-refractivity contribution >= 4 is 5.97 Å². The Kier molecular flexibility index (Phi) is 5.72. The predicted octanol–water partition coefficient (Wildman–Crippen LogP) is 1.17. The van der Waals surface area contributed by atoms with Crippen molar-refractivity contribution in [1.29, 1.82) is 0 Å². The summed E-state index contributed by atoms with van der Waals surface area (Å²) in [4.78, 5) is 11.3. The Morgan fingerprint density at radius 1 is 1.50 bits per heavy atom. The van der Waals surface area contributed by atoms with Gasteiger partial charge in [-0.05, 0) is 20.3 Å². The van der Waals surface area contributed by atoms with E-state index in [2.05, 4.69) is 0 Å². The van der Waals surface area contributed by atoms with E-state index in [1.807, 2.05) is 6.92 Å². The largest absolute Gasteiger partial charge is 0.460 e. The number of hydrogen-bond acceptors (Lipinski definition) is 4. The lowest BCUT2D eigenvalue weighted by molar-refractivity contribution is -0.169. The maximum absolute atomic E-state index is 11.3. The minimum atomic E-state index is -1.82. The molecule has 84 valence electrons. The average molecular weight is 203 g/mol. The predicted molar refractivity (Wildman–Crippen MR) is 54.5 cm³/mol. The Hall–Kier alpha value is -0.610. The molecule has 0 aliphatic heterocycles. The molecule has 4 heteroatoms. The van der Waals surface area contributed by atoms with Crippen molar-refractivity contribution in [3.8, 4) is 0 Å². The molecule has 1 atom stereocenters. The number of nitrogens with two attached hydrogens (primary N) is 1. The molecule has 0 bridgehead atoms. The van der Waals surface area contributed by atoms with E-state index in [1.165, 1.54) is 0 Å². The summed E-state index contributed by atoms with van der Waals surface area (Å²) in [6.07, 6.45) is 2.72. The number of carbonyl (C=O) groups is 1. The van der Waals surface area contributed by atoms with Gasteiger partial charge >= 0.3 is 5.97 Å². The molecule has 0 aromatic heterocycles. The summed E-state index contributed by atoms with van der Waals surface area (Å²) in [6.45, 7) is 5.49. The maximum atomic E-state index is 11.3. The summed E-state index contributed by atoms with van der Waals surface area (Å²) < 4.78 is 4.83. The summed E-state index contributed by atoms with van der Waals surface area (Å²) in [7, 11) is 0. The standard InChI is InChI=1S/C10H21NO3/c1-4-5-6-7-10(11,13)9(12)14-8(2)3/h8,13H,4-7,11H2,1-3H3. The first kappa shape index (κ1) is 13.4. The molecular weight excluding hydrogens is 182 g/mol. The third kappa shape index (κ3) is 5.19. The van der Waals surface area contributed by atoms with Crippen LogP contribution in [-0.2, 0) is 9.53 Å². The first-order chi connectivity index (χ1) is 6.40. The van der Waals surface area contributed by atoms with Crippen LogP contribution in [-0.4, -0.2) is 22.9 Å². The van der Waals surface area contributed by atoms with Crippen LogP contribution in [0.25, 0.3) is 0 Å². The van der Waals surface area contributed by atoms with E-state index in [9.17, 15) is 9.90 Å². The lowest BCUT2D eigenvalue weighted by Crippen LogP contribution is -2.49. The van der Waals surface area contributed by atoms with Gasteiger partial charge in [-0.3, -0.25) is 5.73 Å². The minimum absolute atomic E-state index is 0.247. The molecule has 0 spiro atoms. The fraction of sp³-hybridized carbons (Fsp3) is 0.900. The Balaban J connectivity index is 3.96. The van der Waals surface area contributed by atoms with Crippen LogP contribution < -0.4 is 5.73 Å². The number of esters is 1. The molecule has 14 heavy (non-hydrogen) atoms. The van der Waals surface area contributed by atoms with Crippen LogP contribution in [0.2, 0.25) is 0 Å². The molecule has 4 nitrogen and oxygen atoms in total. The summed E-state index contributed by atoms with van der Waals surface area (Å²) in [5.41, 5.74) is 3.61. The molecule has 0 saturated carbocycles. The van der Waals surface area contributed by atoms with Crippen LogP contribution in [0.4, 0.5) is 0 Å². The summed E-state index contributed by atoms with van der Waals surface area (Å²) in [5, 5.41) is 9.56. The smallest absolute Gasteiger partial charge is 0.353 e. The number of hydrogen-bond donors (Lipinski definition) is 2. The van der Waals surface area contributed by atoms with Gasteiger partial charge in [-0.15, -0.1) is 0 Å². The molecule has 0 radical (unpaired) electrons. The minimum Gasteiger partial charge on any atom is -0.460 e. The van der Waals surface area contributed by atoms with E-state index in [0.29, 0.717) is 0 Å². The van der Waals surface area contributed by atoms with Crippen LogP contribution in [0.1, 0.15) is 46.5 Å². The number of rotatable bonds is 6. The van der Waals surface area contributed by atoms with E-state index in [0.717, 1.165) is 19.3 Å². The van der Waals surface area contributed by atoms with E-state index in [-0.39, 0.29) is 12.5 Å². The fourth-order valence-corrected chi connectivity index (χ4v) is 1.06. The lowest BCUT2D eigenvalue weighted by atomic mass is 10.1. The summed E-state index contributed by atoms with van der Waals surface area (Å²) >= 11 is 0. The first-order valence-electron chi connectivity index (χ1n) is 5.12. The number of ether oxygens (including phenoxy) is 1. The van der Waals surface area contributed by atoms with Crippen LogP contribution in [0.15, 0.2) is 0 Å². The highest BCUT2D eigenvalue weighted by atomic mass is 16.6. The van der Waals surface area contributed by atoms with Crippen LogP contribution in [0.3, 0.4) is 0 Å². The van der Waals surface area contributed by atoms with Crippen LogP contribution in [0, 0.1) is 0 Å². The number of carbonyl (C=O) groups excluding carboxylic acids is 1. The quantitative estimate of drug-likeness (QED) is 0.386. The van der Waals surface area contributed by atoms with Gasteiger partial charge in [0.15, 0.2) is 0 Å². The van der Waals surface area contributed by atoms with Crippen LogP contribution in [0.5, 0.6) is 0 Å². The molecular formula is C10H21NO3. The third-order valence-electron chi connectivity index (χ3n) is 1.86. The second kappa shape index (κ2) is 5.98. The van der Waals surface area contributed by atoms with Crippen molar-refractivity contribution in [1.82, 2.24) is 0 Å². The van der Waals surface area contributed by atoms with Crippen molar-refractivity contribution in [2.75, 3.05) is 0 Å². The highest BCUT2D eigenvalue weighted by Gasteiger charge is 2.32. The topological polar surface area (TPSA) is 72.5 Å². The molecule has 0 rings (SSSR count). The van der Waals surface area contributed by atoms with E-state index in [4.69, 9.17) is 10.5 Å². The zero-order chi connectivity index (χ0) is 11.2. The fourth-order valence-electron chi connectivity index (χ4n) is 1.06. The molecule has 0 aromatic rings. The lowest BCUT2D eigenvalue weighted by Gasteiger charge is -2.22. The van der Waals surface area contributed by atoms with Gasteiger partial charge in [0.05, 0.1) is 6.10 Å². The molecule has 1 unspecified atom stereocenters. The maximum Gasteiger partial charge on any atom is 0.353 e. The van der Waals surface area contributed by atoms with Gasteiger partial charge in [0.2, 0.25) is 5.72 Å². The molecule has 0 aromatic carbocycles. The first-order valence-corrected chi connectivity index (χ1v) is 5.12. The zero-order valence-electron chi connectivity index (χ0n) is 9.25. The van der Waals surface area contributed by atoms with E-state index >= 15 is 0 Å². The Labute approximate surface area is 85.4 Å². The monoisotopic (exact) mass is 203 g/mol. The van der Waals surface area contributed by atoms with Crippen molar-refractivity contribution in [3.05, 3.63) is 0 Å². The van der Waals surface area contributed by atoms with Crippen molar-refractivity contribution in [2.45, 2.75) is 58.3 Å². The normalized spacial score (nSPS) is 15.3. The van der Waals surface area contributed by atoms with Gasteiger partial charge in [-0.1, -0.05) is 19.8 Å². The van der Waals surface area contributed by atoms with Gasteiger partial charge in [0.1, 0.15) is 0 Å². The van der Waals surface area contributed by atoms with Crippen molar-refractivity contribution in [3.63, 3.8) is 0 Å². The SMILES string of the molecule is CCCCCC(N)(O)C(=O)OC(C)C. The van der Waals surface area contributed by atoms with Gasteiger partial charge in [-0.25, -0.2) is 4.79 Å². The highest BCUT2D eigenvalue weighted by Crippen LogP contribution is 2.12. The summed E-state index contributed by atoms with van der Waals surface area (Å²) in [5.74, 6) is -0.733. The van der Waals surface area contributed by atoms with Gasteiger partial charge in [0.25, 0.3) is 0 Å². The highest BCUT2D eigenvalue weighted by molar-refractivity contribution is 5.78. The molecule has 0 aliphatic carbocycles. The third-order valence-corrected chi connectivity index (χ3v) is 1.86. The van der Waals surface area contributed by atoms with E-state index in [1.54, 1.807) is 13.8 Å². The number of aliphatic hydroxyl groups is 1. The van der Waals surface area contributed by atoms with Gasteiger partial charge in [0, 0.05) is 6.42 Å². The molecule has 0 fully saturated rings. The van der Waals surface area contributed by atoms with Crippen molar-refractivity contribution < 1.29 is 14.6 Å². The Morgan fingerprint density at radius 2 is 2.07 bits per heavy atom. The molecule has 0 heterocycles. The van der Waals surface area contributed by atoms with Gasteiger partial charge < -0.3 is 9.84 Å². The molecule has 3 N–H and O–H groups in total. The number of unbranched alkanes of at least 4 members (excludes halogenated alkanes) is 2. The zero-order valence-corrected chi connectivity index (χ0v) is 9.25. The summed E-state index contributed by atoms with van der Waals surface area (Å²) in [6, 6.07) is 0. The molecule has 0 aliphatic rings. The average Bonchev–Trinajstić information content (AvgIpc) is 2.03. The van der Waals surface area contributed by atoms with Gasteiger partial charge in [-0.2, -0.15) is 0 Å². The molecule has 0 saturated heterocycles. The van der Waals surface area contributed by atoms with Crippen LogP contribution >= 0.6 is 0 Å².